The zero-order valence-electron chi connectivity index (χ0n) is 15.1. The van der Waals surface area contributed by atoms with Crippen LogP contribution in [0.4, 0.5) is 10.1 Å². The summed E-state index contributed by atoms with van der Waals surface area (Å²) in [6, 6.07) is 4.81. The molecule has 1 aromatic rings. The van der Waals surface area contributed by atoms with Crippen LogP contribution < -0.4 is 21.1 Å². The van der Waals surface area contributed by atoms with E-state index in [0.717, 1.165) is 32.1 Å². The molecule has 0 atom stereocenters. The van der Waals surface area contributed by atoms with Gasteiger partial charge in [-0.1, -0.05) is 6.42 Å². The van der Waals surface area contributed by atoms with Gasteiger partial charge in [0.1, 0.15) is 5.66 Å². The maximum atomic E-state index is 14.5. The molecule has 1 saturated carbocycles. The Kier molecular flexibility index (Phi) is 5.61. The molecule has 0 saturated heterocycles. The molecule has 0 unspecified atom stereocenters. The first-order valence-corrected chi connectivity index (χ1v) is 8.97. The largest absolute Gasteiger partial charge is 0.490 e. The Morgan fingerprint density at radius 2 is 1.96 bits per heavy atom. The number of halogens is 1. The van der Waals surface area contributed by atoms with Crippen molar-refractivity contribution in [1.82, 2.24) is 0 Å². The summed E-state index contributed by atoms with van der Waals surface area (Å²) in [6.45, 7) is 0.963. The fourth-order valence-electron chi connectivity index (χ4n) is 3.63. The molecule has 7 nitrogen and oxygen atoms in total. The Hall–Kier alpha value is -2.35. The van der Waals surface area contributed by atoms with Gasteiger partial charge >= 0.3 is 0 Å². The molecule has 4 N–H and O–H groups in total. The van der Waals surface area contributed by atoms with E-state index >= 15 is 0 Å². The molecule has 0 amide bonds. The number of nitrogens with two attached hydrogens (primary N) is 2. The zero-order valence-corrected chi connectivity index (χ0v) is 15.1. The summed E-state index contributed by atoms with van der Waals surface area (Å²) in [5, 5.41) is 0. The minimum Gasteiger partial charge on any atom is -0.490 e. The Labute approximate surface area is 152 Å². The molecule has 0 bridgehead atoms. The lowest BCUT2D eigenvalue weighted by Gasteiger charge is -2.45. The molecule has 3 rings (SSSR count). The van der Waals surface area contributed by atoms with Crippen LogP contribution in [0.25, 0.3) is 0 Å². The Bertz CT molecular complexity index is 701. The number of aliphatic imine (C=N–C) groups is 2. The number of hydrogen-bond acceptors (Lipinski definition) is 7. The third kappa shape index (κ3) is 3.75. The van der Waals surface area contributed by atoms with Crippen molar-refractivity contribution >= 4 is 17.6 Å². The Balaban J connectivity index is 1.84. The summed E-state index contributed by atoms with van der Waals surface area (Å²) in [7, 11) is 1.62. The fourth-order valence-corrected chi connectivity index (χ4v) is 3.63. The summed E-state index contributed by atoms with van der Waals surface area (Å²) in [5.41, 5.74) is 12.0. The van der Waals surface area contributed by atoms with Gasteiger partial charge in [0, 0.05) is 31.9 Å². The highest BCUT2D eigenvalue weighted by atomic mass is 19.1. The number of ether oxygens (including phenoxy) is 2. The minimum absolute atomic E-state index is 0.180. The van der Waals surface area contributed by atoms with Crippen molar-refractivity contribution in [1.29, 1.82) is 0 Å². The van der Waals surface area contributed by atoms with E-state index in [1.54, 1.807) is 24.1 Å². The molecule has 1 fully saturated rings. The maximum absolute atomic E-state index is 14.5. The predicted octanol–water partition coefficient (Wildman–Crippen LogP) is 2.35. The average Bonchev–Trinajstić information content (AvgIpc) is 2.60. The van der Waals surface area contributed by atoms with Gasteiger partial charge in [0.15, 0.2) is 11.6 Å². The van der Waals surface area contributed by atoms with Crippen LogP contribution in [-0.4, -0.2) is 37.9 Å². The van der Waals surface area contributed by atoms with Gasteiger partial charge < -0.3 is 20.9 Å². The average molecular weight is 363 g/mol. The number of hydrogen-bond donors (Lipinski definition) is 2. The molecule has 0 radical (unpaired) electrons. The summed E-state index contributed by atoms with van der Waals surface area (Å²) >= 11 is 0. The van der Waals surface area contributed by atoms with Crippen molar-refractivity contribution in [2.75, 3.05) is 25.2 Å². The monoisotopic (exact) mass is 363 g/mol. The summed E-state index contributed by atoms with van der Waals surface area (Å²) in [5.74, 6) is 0.186. The lowest BCUT2D eigenvalue weighted by Crippen LogP contribution is -2.58. The summed E-state index contributed by atoms with van der Waals surface area (Å²) < 4.78 is 25.0. The Morgan fingerprint density at radius 1 is 1.19 bits per heavy atom. The first-order valence-electron chi connectivity index (χ1n) is 8.97. The lowest BCUT2D eigenvalue weighted by molar-refractivity contribution is 0.170. The molecule has 1 aliphatic carbocycles. The highest BCUT2D eigenvalue weighted by Crippen LogP contribution is 2.40. The highest BCUT2D eigenvalue weighted by molar-refractivity contribution is 6.05. The molecule has 1 aromatic carbocycles. The van der Waals surface area contributed by atoms with Gasteiger partial charge in [0.25, 0.3) is 0 Å². The van der Waals surface area contributed by atoms with Crippen LogP contribution in [0.3, 0.4) is 0 Å². The first kappa shape index (κ1) is 18.4. The fraction of sp³-hybridized carbons (Fsp3) is 0.556. The Morgan fingerprint density at radius 3 is 2.65 bits per heavy atom. The van der Waals surface area contributed by atoms with E-state index in [1.165, 1.54) is 6.07 Å². The van der Waals surface area contributed by atoms with Crippen LogP contribution >= 0.6 is 0 Å². The number of rotatable bonds is 6. The van der Waals surface area contributed by atoms with Crippen molar-refractivity contribution in [3.8, 4) is 5.75 Å². The second-order valence-corrected chi connectivity index (χ2v) is 6.63. The van der Waals surface area contributed by atoms with E-state index in [2.05, 4.69) is 9.98 Å². The van der Waals surface area contributed by atoms with Crippen LogP contribution in [0, 0.1) is 5.82 Å². The number of guanidine groups is 2. The van der Waals surface area contributed by atoms with Gasteiger partial charge in [-0.25, -0.2) is 9.38 Å². The number of benzene rings is 1. The third-order valence-corrected chi connectivity index (χ3v) is 4.78. The van der Waals surface area contributed by atoms with E-state index in [4.69, 9.17) is 20.9 Å². The van der Waals surface area contributed by atoms with E-state index in [0.29, 0.717) is 25.3 Å². The highest BCUT2D eigenvalue weighted by Gasteiger charge is 2.42. The van der Waals surface area contributed by atoms with Crippen LogP contribution in [0.1, 0.15) is 38.5 Å². The lowest BCUT2D eigenvalue weighted by atomic mass is 9.87. The van der Waals surface area contributed by atoms with Gasteiger partial charge in [0.2, 0.25) is 11.9 Å². The molecule has 1 aliphatic heterocycles. The van der Waals surface area contributed by atoms with E-state index in [9.17, 15) is 4.39 Å². The molecule has 2 aliphatic rings. The molecular formula is C18H26FN5O2. The van der Waals surface area contributed by atoms with Crippen molar-refractivity contribution in [3.63, 3.8) is 0 Å². The van der Waals surface area contributed by atoms with Crippen LogP contribution in [0.5, 0.6) is 5.75 Å². The smallest absolute Gasteiger partial charge is 0.220 e. The van der Waals surface area contributed by atoms with Crippen molar-refractivity contribution in [3.05, 3.63) is 24.0 Å². The van der Waals surface area contributed by atoms with Crippen molar-refractivity contribution in [2.45, 2.75) is 44.2 Å². The maximum Gasteiger partial charge on any atom is 0.220 e. The first-order chi connectivity index (χ1) is 12.6. The number of nitrogens with zero attached hydrogens (tertiary/aromatic N) is 3. The molecular weight excluding hydrogens is 337 g/mol. The molecule has 1 heterocycles. The molecule has 8 heteroatoms. The van der Waals surface area contributed by atoms with Gasteiger partial charge in [-0.05, 0) is 37.8 Å². The minimum atomic E-state index is -0.582. The SMILES string of the molecule is COCCCOc1ccc(N2C(N)=NC(N)=NC23CCCCC3)cc1F. The quantitative estimate of drug-likeness (QED) is 0.756. The van der Waals surface area contributed by atoms with Crippen LogP contribution in [0.2, 0.25) is 0 Å². The zero-order chi connectivity index (χ0) is 18.6. The van der Waals surface area contributed by atoms with Gasteiger partial charge in [-0.3, -0.25) is 4.90 Å². The standard InChI is InChI=1S/C18H26FN5O2/c1-25-10-5-11-26-15-7-6-13(12-14(15)19)24-17(21)22-16(20)23-18(24)8-3-2-4-9-18/h6-7,12H,2-5,8-11H2,1H3,(H4,20,21,22,23). The summed E-state index contributed by atoms with van der Waals surface area (Å²) in [6.07, 6.45) is 5.49. The van der Waals surface area contributed by atoms with E-state index in [-0.39, 0.29) is 17.7 Å². The van der Waals surface area contributed by atoms with Crippen LogP contribution in [0.15, 0.2) is 28.2 Å². The molecule has 142 valence electrons. The predicted molar refractivity (Wildman–Crippen MR) is 99.9 cm³/mol. The van der Waals surface area contributed by atoms with E-state index in [1.807, 2.05) is 0 Å². The van der Waals surface area contributed by atoms with Gasteiger partial charge in [0.05, 0.1) is 6.61 Å². The van der Waals surface area contributed by atoms with Crippen LogP contribution in [-0.2, 0) is 4.74 Å². The number of methoxy groups -OCH3 is 1. The normalized spacial score (nSPS) is 19.2. The number of anilines is 1. The second-order valence-electron chi connectivity index (χ2n) is 6.63. The summed E-state index contributed by atoms with van der Waals surface area (Å²) in [4.78, 5) is 10.5. The third-order valence-electron chi connectivity index (χ3n) is 4.78. The van der Waals surface area contributed by atoms with Crippen molar-refractivity contribution < 1.29 is 13.9 Å². The molecule has 1 spiro atoms. The van der Waals surface area contributed by atoms with E-state index < -0.39 is 11.5 Å². The molecule has 26 heavy (non-hydrogen) atoms. The molecule has 0 aromatic heterocycles. The van der Waals surface area contributed by atoms with Gasteiger partial charge in [-0.15, -0.1) is 0 Å². The van der Waals surface area contributed by atoms with Gasteiger partial charge in [-0.2, -0.15) is 4.99 Å². The van der Waals surface area contributed by atoms with Crippen molar-refractivity contribution in [2.24, 2.45) is 21.5 Å². The second kappa shape index (κ2) is 7.90. The topological polar surface area (TPSA) is 98.5 Å².